The highest BCUT2D eigenvalue weighted by Gasteiger charge is 2.38. The molecule has 0 unspecified atom stereocenters. The van der Waals surface area contributed by atoms with Crippen LogP contribution in [0, 0.1) is 15.5 Å². The van der Waals surface area contributed by atoms with Crippen molar-refractivity contribution in [1.29, 1.82) is 5.41 Å². The molecule has 2 aliphatic heterocycles. The molecule has 0 saturated heterocycles. The average molecular weight is 194 g/mol. The van der Waals surface area contributed by atoms with E-state index in [2.05, 4.69) is 15.0 Å². The van der Waals surface area contributed by atoms with Gasteiger partial charge in [0.05, 0.1) is 0 Å². The zero-order chi connectivity index (χ0) is 10.3. The molecule has 0 atom stereocenters. The molecule has 70 valence electrons. The van der Waals surface area contributed by atoms with Crippen LogP contribution in [-0.4, -0.2) is 34.3 Å². The zero-order valence-corrected chi connectivity index (χ0v) is 6.51. The molecule has 0 bridgehead atoms. The van der Waals surface area contributed by atoms with Gasteiger partial charge in [-0.25, -0.2) is 0 Å². The van der Waals surface area contributed by atoms with Gasteiger partial charge in [-0.3, -0.25) is 15.5 Å². The van der Waals surface area contributed by atoms with Crippen molar-refractivity contribution in [2.75, 3.05) is 0 Å². The summed E-state index contributed by atoms with van der Waals surface area (Å²) in [4.78, 5) is 30.7. The van der Waals surface area contributed by atoms with Gasteiger partial charge in [-0.2, -0.15) is 4.99 Å². The van der Waals surface area contributed by atoms with E-state index in [0.717, 1.165) is 0 Å². The van der Waals surface area contributed by atoms with E-state index in [1.54, 1.807) is 0 Å². The van der Waals surface area contributed by atoms with E-state index in [4.69, 9.17) is 5.41 Å². The smallest absolute Gasteiger partial charge is 0.390 e. The monoisotopic (exact) mass is 194 g/mol. The van der Waals surface area contributed by atoms with Crippen molar-refractivity contribution in [2.24, 2.45) is 15.0 Å². The van der Waals surface area contributed by atoms with Crippen LogP contribution in [0.2, 0.25) is 0 Å². The van der Waals surface area contributed by atoms with Crippen molar-refractivity contribution in [3.05, 3.63) is 10.1 Å². The number of aliphatic imine (C=N–C) groups is 3. The van der Waals surface area contributed by atoms with Gasteiger partial charge < -0.3 is 10.1 Å². The van der Waals surface area contributed by atoms with Gasteiger partial charge in [-0.05, 0) is 9.92 Å². The molecule has 0 aromatic carbocycles. The molecule has 1 amide bonds. The van der Waals surface area contributed by atoms with Crippen LogP contribution >= 0.6 is 0 Å². The quantitative estimate of drug-likeness (QED) is 0.360. The first-order valence-corrected chi connectivity index (χ1v) is 3.38. The first kappa shape index (κ1) is 8.16. The van der Waals surface area contributed by atoms with Crippen molar-refractivity contribution in [3.63, 3.8) is 0 Å². The van der Waals surface area contributed by atoms with Crippen molar-refractivity contribution < 1.29 is 9.72 Å². The molecule has 0 aromatic rings. The maximum atomic E-state index is 11.1. The Morgan fingerprint density at radius 2 is 2.07 bits per heavy atom. The van der Waals surface area contributed by atoms with Gasteiger partial charge in [0.25, 0.3) is 17.5 Å². The Labute approximate surface area is 75.9 Å². The molecule has 9 nitrogen and oxygen atoms in total. The van der Waals surface area contributed by atoms with Gasteiger partial charge >= 0.3 is 5.96 Å². The van der Waals surface area contributed by atoms with Crippen LogP contribution in [0.25, 0.3) is 0 Å². The van der Waals surface area contributed by atoms with Crippen molar-refractivity contribution >= 4 is 29.4 Å². The SMILES string of the molecule is N=C1N=C2N=C([N+](=O)[O-])N=C2C(=O)N1. The second kappa shape index (κ2) is 2.52. The average Bonchev–Trinajstić information content (AvgIpc) is 2.47. The van der Waals surface area contributed by atoms with Crippen LogP contribution in [0.3, 0.4) is 0 Å². The second-order valence-corrected chi connectivity index (χ2v) is 2.37. The molecule has 0 spiro atoms. The van der Waals surface area contributed by atoms with Gasteiger partial charge in [0.15, 0.2) is 0 Å². The molecule has 9 heteroatoms. The van der Waals surface area contributed by atoms with Crippen LogP contribution in [0.15, 0.2) is 15.0 Å². The number of carbonyl (C=O) groups is 1. The minimum absolute atomic E-state index is 0.189. The summed E-state index contributed by atoms with van der Waals surface area (Å²) in [6, 6.07) is 0. The molecule has 2 N–H and O–H groups in total. The maximum Gasteiger partial charge on any atom is 0.471 e. The number of hydrogen-bond donors (Lipinski definition) is 2. The molecular weight excluding hydrogens is 192 g/mol. The Morgan fingerprint density at radius 3 is 2.71 bits per heavy atom. The van der Waals surface area contributed by atoms with Crippen LogP contribution in [0.1, 0.15) is 0 Å². The van der Waals surface area contributed by atoms with E-state index in [0.29, 0.717) is 0 Å². The number of nitrogens with zero attached hydrogens (tertiary/aromatic N) is 4. The maximum absolute atomic E-state index is 11.1. The van der Waals surface area contributed by atoms with E-state index in [1.807, 2.05) is 5.32 Å². The summed E-state index contributed by atoms with van der Waals surface area (Å²) in [7, 11) is 0. The molecule has 0 fully saturated rings. The van der Waals surface area contributed by atoms with E-state index in [-0.39, 0.29) is 11.5 Å². The third-order valence-corrected chi connectivity index (χ3v) is 1.46. The summed E-state index contributed by atoms with van der Waals surface area (Å²) in [5.41, 5.74) is -0.229. The largest absolute Gasteiger partial charge is 0.471 e. The van der Waals surface area contributed by atoms with Crippen molar-refractivity contribution in [2.45, 2.75) is 0 Å². The molecule has 0 aliphatic carbocycles. The first-order chi connectivity index (χ1) is 6.58. The fraction of sp³-hybridized carbons (Fsp3) is 0. The lowest BCUT2D eigenvalue weighted by Gasteiger charge is -2.03. The number of guanidine groups is 2. The summed E-state index contributed by atoms with van der Waals surface area (Å²) in [6.45, 7) is 0. The molecular formula is C5H2N6O3. The number of amides is 1. The van der Waals surface area contributed by atoms with Crippen molar-refractivity contribution in [3.8, 4) is 0 Å². The standard InChI is InChI=1S/C5H2N6O3/c6-4-8-2-1(3(12)10-4)7-5(9-2)11(13)14/h(H2,6,10,12). The molecule has 2 heterocycles. The van der Waals surface area contributed by atoms with E-state index in [1.165, 1.54) is 0 Å². The fourth-order valence-electron chi connectivity index (χ4n) is 0.935. The van der Waals surface area contributed by atoms with Gasteiger partial charge in [0.1, 0.15) is 0 Å². The number of nitrogens with one attached hydrogen (secondary N) is 2. The lowest BCUT2D eigenvalue weighted by atomic mass is 10.3. The number of amidine groups is 1. The summed E-state index contributed by atoms with van der Waals surface area (Å²) >= 11 is 0. The Kier molecular flexibility index (Phi) is 1.47. The van der Waals surface area contributed by atoms with Crippen LogP contribution in [0.5, 0.6) is 0 Å². The Morgan fingerprint density at radius 1 is 1.36 bits per heavy atom. The highest BCUT2D eigenvalue weighted by atomic mass is 16.6. The third kappa shape index (κ3) is 1.07. The minimum atomic E-state index is -0.829. The summed E-state index contributed by atoms with van der Waals surface area (Å²) in [6.07, 6.45) is 0. The summed E-state index contributed by atoms with van der Waals surface area (Å²) in [5.74, 6) is -1.99. The highest BCUT2D eigenvalue weighted by molar-refractivity contribution is 6.72. The third-order valence-electron chi connectivity index (χ3n) is 1.46. The van der Waals surface area contributed by atoms with Crippen LogP contribution < -0.4 is 5.32 Å². The van der Waals surface area contributed by atoms with Crippen LogP contribution in [0.4, 0.5) is 0 Å². The molecule has 0 aromatic heterocycles. The minimum Gasteiger partial charge on any atom is -0.390 e. The number of fused-ring (bicyclic) bond motifs is 1. The summed E-state index contributed by atoms with van der Waals surface area (Å²) in [5, 5.41) is 19.3. The highest BCUT2D eigenvalue weighted by Crippen LogP contribution is 2.05. The van der Waals surface area contributed by atoms with Gasteiger partial charge in [0.2, 0.25) is 5.96 Å². The van der Waals surface area contributed by atoms with Crippen LogP contribution in [-0.2, 0) is 4.79 Å². The predicted molar refractivity (Wildman–Crippen MR) is 45.2 cm³/mol. The van der Waals surface area contributed by atoms with Gasteiger partial charge in [-0.1, -0.05) is 4.99 Å². The number of nitro groups is 1. The molecule has 0 saturated carbocycles. The fourth-order valence-corrected chi connectivity index (χ4v) is 0.935. The van der Waals surface area contributed by atoms with E-state index < -0.39 is 22.7 Å². The first-order valence-electron chi connectivity index (χ1n) is 3.38. The lowest BCUT2D eigenvalue weighted by molar-refractivity contribution is -0.351. The normalized spacial score (nSPS) is 19.3. The lowest BCUT2D eigenvalue weighted by Crippen LogP contribution is -2.42. The molecule has 0 radical (unpaired) electrons. The van der Waals surface area contributed by atoms with Crippen molar-refractivity contribution in [1.82, 2.24) is 5.32 Å². The number of rotatable bonds is 0. The Bertz CT molecular complexity index is 458. The van der Waals surface area contributed by atoms with E-state index in [9.17, 15) is 14.9 Å². The Balaban J connectivity index is 2.49. The molecule has 14 heavy (non-hydrogen) atoms. The summed E-state index contributed by atoms with van der Waals surface area (Å²) < 4.78 is 0. The van der Waals surface area contributed by atoms with Gasteiger partial charge in [-0.15, -0.1) is 0 Å². The second-order valence-electron chi connectivity index (χ2n) is 2.37. The topological polar surface area (TPSA) is 133 Å². The number of carbonyl (C=O) groups excluding carboxylic acids is 1. The van der Waals surface area contributed by atoms with Gasteiger partial charge in [0, 0.05) is 0 Å². The number of hydrogen-bond acceptors (Lipinski definition) is 6. The predicted octanol–water partition coefficient (Wildman–Crippen LogP) is -1.46. The zero-order valence-electron chi connectivity index (χ0n) is 6.51. The molecule has 2 rings (SSSR count). The van der Waals surface area contributed by atoms with E-state index >= 15 is 0 Å². The molecule has 2 aliphatic rings. The Hall–Kier alpha value is -2.45.